The van der Waals surface area contributed by atoms with Gasteiger partial charge in [0.2, 0.25) is 0 Å². The van der Waals surface area contributed by atoms with Gasteiger partial charge in [-0.1, -0.05) is 19.9 Å². The Morgan fingerprint density at radius 2 is 1.90 bits per heavy atom. The van der Waals surface area contributed by atoms with E-state index in [0.29, 0.717) is 12.6 Å². The highest BCUT2D eigenvalue weighted by atomic mass is 15.1. The van der Waals surface area contributed by atoms with Crippen molar-refractivity contribution in [3.8, 4) is 0 Å². The third kappa shape index (κ3) is 2.24. The summed E-state index contributed by atoms with van der Waals surface area (Å²) in [5, 5.41) is 0. The van der Waals surface area contributed by atoms with Crippen molar-refractivity contribution < 1.29 is 0 Å². The van der Waals surface area contributed by atoms with E-state index in [0.717, 1.165) is 24.2 Å². The molecule has 0 atom stereocenters. The second-order valence-corrected chi connectivity index (χ2v) is 6.08. The average molecular weight is 273 g/mol. The van der Waals surface area contributed by atoms with E-state index in [4.69, 9.17) is 10.7 Å². The molecule has 2 aromatic rings. The number of hydrogen-bond donors (Lipinski definition) is 1. The summed E-state index contributed by atoms with van der Waals surface area (Å²) >= 11 is 0. The zero-order valence-electron chi connectivity index (χ0n) is 13.4. The molecule has 0 aliphatic carbocycles. The summed E-state index contributed by atoms with van der Waals surface area (Å²) in [6.07, 6.45) is 2.05. The normalized spacial score (nSPS) is 12.6. The van der Waals surface area contributed by atoms with E-state index in [1.54, 1.807) is 0 Å². The third-order valence-electron chi connectivity index (χ3n) is 4.58. The maximum absolute atomic E-state index is 6.13. The van der Waals surface area contributed by atoms with E-state index < -0.39 is 0 Å². The molecule has 0 radical (unpaired) electrons. The molecule has 0 aliphatic heterocycles. The van der Waals surface area contributed by atoms with E-state index in [1.165, 1.54) is 11.1 Å². The summed E-state index contributed by atoms with van der Waals surface area (Å²) in [4.78, 5) is 4.96. The lowest BCUT2D eigenvalue weighted by Gasteiger charge is -2.31. The highest BCUT2D eigenvalue weighted by molar-refractivity contribution is 5.77. The van der Waals surface area contributed by atoms with Gasteiger partial charge < -0.3 is 10.3 Å². The van der Waals surface area contributed by atoms with Crippen molar-refractivity contribution in [2.24, 2.45) is 5.73 Å². The maximum Gasteiger partial charge on any atom is 0.117 e. The first-order valence-electron chi connectivity index (χ1n) is 7.68. The molecule has 1 aromatic carbocycles. The quantitative estimate of drug-likeness (QED) is 0.896. The molecule has 0 saturated heterocycles. The summed E-state index contributed by atoms with van der Waals surface area (Å²) in [6, 6.07) is 6.91. The standard InChI is InChI=1S/C17H27N3/c1-6-17(7-2,11-18)16-19-14-10-13(5)8-9-15(14)20(16)12(3)4/h8-10,12H,6-7,11,18H2,1-5H3. The maximum atomic E-state index is 6.13. The minimum absolute atomic E-state index is 0.0167. The van der Waals surface area contributed by atoms with Crippen LogP contribution in [0.5, 0.6) is 0 Å². The molecule has 0 amide bonds. The average Bonchev–Trinajstić information content (AvgIpc) is 2.80. The van der Waals surface area contributed by atoms with E-state index in [9.17, 15) is 0 Å². The summed E-state index contributed by atoms with van der Waals surface area (Å²) in [7, 11) is 0. The number of hydrogen-bond acceptors (Lipinski definition) is 2. The molecule has 2 N–H and O–H groups in total. The largest absolute Gasteiger partial charge is 0.329 e. The fourth-order valence-electron chi connectivity index (χ4n) is 3.05. The molecule has 0 spiro atoms. The van der Waals surface area contributed by atoms with Crippen LogP contribution in [0.25, 0.3) is 11.0 Å². The first kappa shape index (κ1) is 15.0. The van der Waals surface area contributed by atoms with Crippen molar-refractivity contribution in [3.63, 3.8) is 0 Å². The Labute approximate surface area is 122 Å². The summed E-state index contributed by atoms with van der Waals surface area (Å²) in [5.41, 5.74) is 9.68. The number of imidazole rings is 1. The number of nitrogens with two attached hydrogens (primary N) is 1. The van der Waals surface area contributed by atoms with E-state index in [1.807, 2.05) is 0 Å². The van der Waals surface area contributed by atoms with Crippen molar-refractivity contribution in [1.82, 2.24) is 9.55 Å². The fourth-order valence-corrected chi connectivity index (χ4v) is 3.05. The lowest BCUT2D eigenvalue weighted by Crippen LogP contribution is -2.37. The molecule has 0 bridgehead atoms. The van der Waals surface area contributed by atoms with Crippen LogP contribution in [0, 0.1) is 6.92 Å². The Hall–Kier alpha value is -1.35. The van der Waals surface area contributed by atoms with Gasteiger partial charge in [-0.05, 0) is 51.3 Å². The van der Waals surface area contributed by atoms with Crippen molar-refractivity contribution >= 4 is 11.0 Å². The van der Waals surface area contributed by atoms with Gasteiger partial charge >= 0.3 is 0 Å². The first-order chi connectivity index (χ1) is 9.49. The molecular weight excluding hydrogens is 246 g/mol. The number of aromatic nitrogens is 2. The van der Waals surface area contributed by atoms with E-state index in [2.05, 4.69) is 57.4 Å². The van der Waals surface area contributed by atoms with Crippen molar-refractivity contribution in [1.29, 1.82) is 0 Å². The van der Waals surface area contributed by atoms with Crippen LogP contribution < -0.4 is 5.73 Å². The van der Waals surface area contributed by atoms with Crippen LogP contribution in [0.15, 0.2) is 18.2 Å². The lowest BCUT2D eigenvalue weighted by molar-refractivity contribution is 0.359. The Kier molecular flexibility index (Phi) is 4.19. The predicted octanol–water partition coefficient (Wildman–Crippen LogP) is 3.94. The molecular formula is C17H27N3. The topological polar surface area (TPSA) is 43.8 Å². The molecule has 0 unspecified atom stereocenters. The Morgan fingerprint density at radius 3 is 2.40 bits per heavy atom. The molecule has 1 aromatic heterocycles. The summed E-state index contributed by atoms with van der Waals surface area (Å²) < 4.78 is 2.37. The van der Waals surface area contributed by atoms with Crippen molar-refractivity contribution in [2.45, 2.75) is 58.9 Å². The Bertz CT molecular complexity index is 583. The molecule has 3 heteroatoms. The van der Waals surface area contributed by atoms with Crippen LogP contribution in [-0.4, -0.2) is 16.1 Å². The Morgan fingerprint density at radius 1 is 1.25 bits per heavy atom. The van der Waals surface area contributed by atoms with Crippen LogP contribution in [0.1, 0.15) is 58.0 Å². The van der Waals surface area contributed by atoms with Crippen LogP contribution in [-0.2, 0) is 5.41 Å². The van der Waals surface area contributed by atoms with Gasteiger partial charge in [-0.25, -0.2) is 4.98 Å². The predicted molar refractivity (Wildman–Crippen MR) is 86.2 cm³/mol. The molecule has 20 heavy (non-hydrogen) atoms. The second-order valence-electron chi connectivity index (χ2n) is 6.08. The zero-order chi connectivity index (χ0) is 14.9. The second kappa shape index (κ2) is 5.57. The molecule has 3 nitrogen and oxygen atoms in total. The van der Waals surface area contributed by atoms with Crippen LogP contribution in [0.3, 0.4) is 0 Å². The van der Waals surface area contributed by atoms with Gasteiger partial charge in [-0.2, -0.15) is 0 Å². The molecule has 1 heterocycles. The monoisotopic (exact) mass is 273 g/mol. The van der Waals surface area contributed by atoms with Gasteiger partial charge in [0, 0.05) is 18.0 Å². The third-order valence-corrected chi connectivity index (χ3v) is 4.58. The molecule has 0 saturated carbocycles. The van der Waals surface area contributed by atoms with Gasteiger partial charge in [-0.3, -0.25) is 0 Å². The van der Waals surface area contributed by atoms with Gasteiger partial charge in [0.15, 0.2) is 0 Å². The number of nitrogens with zero attached hydrogens (tertiary/aromatic N) is 2. The van der Waals surface area contributed by atoms with Crippen LogP contribution in [0.4, 0.5) is 0 Å². The van der Waals surface area contributed by atoms with Crippen molar-refractivity contribution in [3.05, 3.63) is 29.6 Å². The van der Waals surface area contributed by atoms with Gasteiger partial charge in [0.05, 0.1) is 11.0 Å². The molecule has 2 rings (SSSR count). The van der Waals surface area contributed by atoms with Crippen LogP contribution >= 0.6 is 0 Å². The fraction of sp³-hybridized carbons (Fsp3) is 0.588. The van der Waals surface area contributed by atoms with Gasteiger partial charge in [-0.15, -0.1) is 0 Å². The number of benzene rings is 1. The molecule has 110 valence electrons. The van der Waals surface area contributed by atoms with Gasteiger partial charge in [0.25, 0.3) is 0 Å². The number of fused-ring (bicyclic) bond motifs is 1. The van der Waals surface area contributed by atoms with E-state index >= 15 is 0 Å². The highest BCUT2D eigenvalue weighted by Gasteiger charge is 2.33. The van der Waals surface area contributed by atoms with Gasteiger partial charge in [0.1, 0.15) is 5.82 Å². The summed E-state index contributed by atoms with van der Waals surface area (Å²) in [5.74, 6) is 1.15. The van der Waals surface area contributed by atoms with Crippen LogP contribution in [0.2, 0.25) is 0 Å². The first-order valence-corrected chi connectivity index (χ1v) is 7.68. The molecule has 0 aliphatic rings. The lowest BCUT2D eigenvalue weighted by atomic mass is 9.81. The van der Waals surface area contributed by atoms with E-state index in [-0.39, 0.29) is 5.41 Å². The molecule has 0 fully saturated rings. The minimum Gasteiger partial charge on any atom is -0.329 e. The van der Waals surface area contributed by atoms with Crippen molar-refractivity contribution in [2.75, 3.05) is 6.54 Å². The minimum atomic E-state index is -0.0167. The zero-order valence-corrected chi connectivity index (χ0v) is 13.4. The number of rotatable bonds is 5. The smallest absolute Gasteiger partial charge is 0.117 e. The summed E-state index contributed by atoms with van der Waals surface area (Å²) in [6.45, 7) is 11.6. The Balaban J connectivity index is 2.77. The highest BCUT2D eigenvalue weighted by Crippen LogP contribution is 2.34. The number of aryl methyl sites for hydroxylation is 1. The SMILES string of the molecule is CCC(CC)(CN)c1nc2cc(C)ccc2n1C(C)C.